The zero-order valence-electron chi connectivity index (χ0n) is 9.62. The highest BCUT2D eigenvalue weighted by Crippen LogP contribution is 2.16. The average Bonchev–Trinajstić information content (AvgIpc) is 2.38. The minimum atomic E-state index is -0.0471. The van der Waals surface area contributed by atoms with E-state index in [2.05, 4.69) is 5.32 Å². The maximum Gasteiger partial charge on any atom is 0.189 e. The van der Waals surface area contributed by atoms with Crippen LogP contribution in [-0.4, -0.2) is 31.6 Å². The van der Waals surface area contributed by atoms with Crippen molar-refractivity contribution in [1.29, 1.82) is 0 Å². The maximum atomic E-state index is 11.9. The molecule has 0 radical (unpaired) electrons. The molecule has 1 saturated heterocycles. The van der Waals surface area contributed by atoms with E-state index in [1.54, 1.807) is 12.1 Å². The third kappa shape index (κ3) is 3.53. The van der Waals surface area contributed by atoms with E-state index in [4.69, 9.17) is 16.3 Å². The molecule has 0 amide bonds. The first-order valence-electron chi connectivity index (χ1n) is 5.87. The molecule has 92 valence electrons. The Morgan fingerprint density at radius 3 is 2.76 bits per heavy atom. The predicted molar refractivity (Wildman–Crippen MR) is 67.6 cm³/mol. The molecule has 0 spiro atoms. The molecule has 1 aromatic rings. The molecule has 0 aliphatic carbocycles. The van der Waals surface area contributed by atoms with E-state index in [1.165, 1.54) is 0 Å². The summed E-state index contributed by atoms with van der Waals surface area (Å²) in [5.41, 5.74) is 0.545. The van der Waals surface area contributed by atoms with Crippen molar-refractivity contribution >= 4 is 17.4 Å². The molecule has 1 aromatic carbocycles. The van der Waals surface area contributed by atoms with Gasteiger partial charge >= 0.3 is 0 Å². The highest BCUT2D eigenvalue weighted by atomic mass is 35.5. The van der Waals surface area contributed by atoms with E-state index in [0.29, 0.717) is 10.6 Å². The summed E-state index contributed by atoms with van der Waals surface area (Å²) in [7, 11) is 0. The van der Waals surface area contributed by atoms with Gasteiger partial charge in [0.15, 0.2) is 5.78 Å². The minimum Gasteiger partial charge on any atom is -0.370 e. The normalized spacial score (nSPS) is 17.0. The van der Waals surface area contributed by atoms with Gasteiger partial charge in [-0.15, -0.1) is 0 Å². The molecule has 0 saturated carbocycles. The van der Waals surface area contributed by atoms with Crippen molar-refractivity contribution in [3.63, 3.8) is 0 Å². The van der Waals surface area contributed by atoms with E-state index >= 15 is 0 Å². The SMILES string of the molecule is O=C(COC1CCNCC1)c1ccccc1Cl. The summed E-state index contributed by atoms with van der Waals surface area (Å²) in [5, 5.41) is 3.75. The van der Waals surface area contributed by atoms with Gasteiger partial charge < -0.3 is 10.1 Å². The van der Waals surface area contributed by atoms with E-state index < -0.39 is 0 Å². The minimum absolute atomic E-state index is 0.0471. The van der Waals surface area contributed by atoms with Crippen LogP contribution in [0.3, 0.4) is 0 Å². The molecule has 0 unspecified atom stereocenters. The Kier molecular flexibility index (Phi) is 4.54. The monoisotopic (exact) mass is 253 g/mol. The number of hydrogen-bond donors (Lipinski definition) is 1. The van der Waals surface area contributed by atoms with Crippen LogP contribution in [0.4, 0.5) is 0 Å². The second-order valence-corrected chi connectivity index (χ2v) is 4.57. The summed E-state index contributed by atoms with van der Waals surface area (Å²) in [5.74, 6) is -0.0471. The molecule has 1 aliphatic rings. The zero-order valence-corrected chi connectivity index (χ0v) is 10.4. The predicted octanol–water partition coefficient (Wildman–Crippen LogP) is 2.29. The number of ketones is 1. The third-order valence-electron chi connectivity index (χ3n) is 2.91. The van der Waals surface area contributed by atoms with Crippen molar-refractivity contribution in [2.75, 3.05) is 19.7 Å². The lowest BCUT2D eigenvalue weighted by atomic mass is 10.1. The molecule has 1 aliphatic heterocycles. The van der Waals surface area contributed by atoms with Gasteiger partial charge in [-0.1, -0.05) is 23.7 Å². The molecule has 1 N–H and O–H groups in total. The second kappa shape index (κ2) is 6.15. The number of piperidine rings is 1. The van der Waals surface area contributed by atoms with Gasteiger partial charge in [-0.3, -0.25) is 4.79 Å². The summed E-state index contributed by atoms with van der Waals surface area (Å²) in [6.45, 7) is 2.05. The average molecular weight is 254 g/mol. The smallest absolute Gasteiger partial charge is 0.189 e. The van der Waals surface area contributed by atoms with E-state index in [-0.39, 0.29) is 18.5 Å². The molecule has 0 atom stereocenters. The van der Waals surface area contributed by atoms with Gasteiger partial charge in [0.2, 0.25) is 0 Å². The zero-order chi connectivity index (χ0) is 12.1. The first-order valence-corrected chi connectivity index (χ1v) is 6.25. The van der Waals surface area contributed by atoms with Crippen molar-refractivity contribution < 1.29 is 9.53 Å². The Hall–Kier alpha value is -0.900. The Balaban J connectivity index is 1.87. The maximum absolute atomic E-state index is 11.9. The van der Waals surface area contributed by atoms with Crippen molar-refractivity contribution in [2.24, 2.45) is 0 Å². The quantitative estimate of drug-likeness (QED) is 0.837. The molecule has 0 bridgehead atoms. The van der Waals surface area contributed by atoms with Crippen LogP contribution in [0.1, 0.15) is 23.2 Å². The number of halogens is 1. The summed E-state index contributed by atoms with van der Waals surface area (Å²) < 4.78 is 5.61. The lowest BCUT2D eigenvalue weighted by molar-refractivity contribution is 0.0318. The van der Waals surface area contributed by atoms with Crippen LogP contribution in [-0.2, 0) is 4.74 Å². The Morgan fingerprint density at radius 2 is 2.06 bits per heavy atom. The fourth-order valence-corrected chi connectivity index (χ4v) is 2.16. The van der Waals surface area contributed by atoms with Gasteiger partial charge in [0.05, 0.1) is 11.1 Å². The van der Waals surface area contributed by atoms with Gasteiger partial charge in [-0.05, 0) is 38.1 Å². The van der Waals surface area contributed by atoms with Gasteiger partial charge in [0, 0.05) is 5.56 Å². The molecular weight excluding hydrogens is 238 g/mol. The molecule has 1 fully saturated rings. The van der Waals surface area contributed by atoms with Crippen molar-refractivity contribution in [3.05, 3.63) is 34.9 Å². The number of benzene rings is 1. The van der Waals surface area contributed by atoms with Crippen LogP contribution < -0.4 is 5.32 Å². The molecule has 17 heavy (non-hydrogen) atoms. The van der Waals surface area contributed by atoms with Gasteiger partial charge in [-0.2, -0.15) is 0 Å². The third-order valence-corrected chi connectivity index (χ3v) is 3.24. The number of rotatable bonds is 4. The Morgan fingerprint density at radius 1 is 1.35 bits per heavy atom. The van der Waals surface area contributed by atoms with Crippen molar-refractivity contribution in [1.82, 2.24) is 5.32 Å². The molecule has 4 heteroatoms. The van der Waals surface area contributed by atoms with Crippen LogP contribution in [0.5, 0.6) is 0 Å². The Labute approximate surface area is 106 Å². The highest BCUT2D eigenvalue weighted by molar-refractivity contribution is 6.34. The number of ether oxygens (including phenoxy) is 1. The van der Waals surface area contributed by atoms with Gasteiger partial charge in [-0.25, -0.2) is 0 Å². The number of nitrogens with one attached hydrogen (secondary N) is 1. The van der Waals surface area contributed by atoms with Crippen LogP contribution in [0, 0.1) is 0 Å². The number of Topliss-reactive ketones (excluding diaryl/α,β-unsaturated/α-hetero) is 1. The first-order chi connectivity index (χ1) is 8.27. The molecule has 3 nitrogen and oxygen atoms in total. The van der Waals surface area contributed by atoms with E-state index in [1.807, 2.05) is 12.1 Å². The van der Waals surface area contributed by atoms with Crippen LogP contribution in [0.2, 0.25) is 5.02 Å². The first kappa shape index (κ1) is 12.6. The Bertz CT molecular complexity index is 389. The molecule has 0 aromatic heterocycles. The lowest BCUT2D eigenvalue weighted by Crippen LogP contribution is -2.33. The number of hydrogen-bond acceptors (Lipinski definition) is 3. The number of carbonyl (C=O) groups is 1. The second-order valence-electron chi connectivity index (χ2n) is 4.16. The molecular formula is C13H16ClNO2. The summed E-state index contributed by atoms with van der Waals surface area (Å²) >= 11 is 5.95. The van der Waals surface area contributed by atoms with Gasteiger partial charge in [0.25, 0.3) is 0 Å². The van der Waals surface area contributed by atoms with Crippen LogP contribution >= 0.6 is 11.6 Å². The standard InChI is InChI=1S/C13H16ClNO2/c14-12-4-2-1-3-11(12)13(16)9-17-10-5-7-15-8-6-10/h1-4,10,15H,5-9H2. The van der Waals surface area contributed by atoms with Crippen LogP contribution in [0.15, 0.2) is 24.3 Å². The summed E-state index contributed by atoms with van der Waals surface area (Å²) in [6.07, 6.45) is 2.13. The highest BCUT2D eigenvalue weighted by Gasteiger charge is 2.16. The topological polar surface area (TPSA) is 38.3 Å². The largest absolute Gasteiger partial charge is 0.370 e. The lowest BCUT2D eigenvalue weighted by Gasteiger charge is -2.22. The summed E-state index contributed by atoms with van der Waals surface area (Å²) in [6, 6.07) is 7.08. The number of carbonyl (C=O) groups excluding carboxylic acids is 1. The fourth-order valence-electron chi connectivity index (χ4n) is 1.92. The fraction of sp³-hybridized carbons (Fsp3) is 0.462. The van der Waals surface area contributed by atoms with E-state index in [0.717, 1.165) is 25.9 Å². The summed E-state index contributed by atoms with van der Waals surface area (Å²) in [4.78, 5) is 11.9. The van der Waals surface area contributed by atoms with Crippen molar-refractivity contribution in [2.45, 2.75) is 18.9 Å². The van der Waals surface area contributed by atoms with Gasteiger partial charge in [0.1, 0.15) is 6.61 Å². The molecule has 1 heterocycles. The molecule has 2 rings (SSSR count). The van der Waals surface area contributed by atoms with E-state index in [9.17, 15) is 4.79 Å². The van der Waals surface area contributed by atoms with Crippen LogP contribution in [0.25, 0.3) is 0 Å². The van der Waals surface area contributed by atoms with Crippen molar-refractivity contribution in [3.8, 4) is 0 Å².